The first-order valence-electron chi connectivity index (χ1n) is 7.94. The molecule has 1 atom stereocenters. The molecule has 1 aromatic heterocycles. The zero-order valence-corrected chi connectivity index (χ0v) is 13.6. The highest BCUT2D eigenvalue weighted by molar-refractivity contribution is 6.45. The molecule has 0 unspecified atom stereocenters. The number of fused-ring (bicyclic) bond motifs is 3. The average Bonchev–Trinajstić information content (AvgIpc) is 3.21. The van der Waals surface area contributed by atoms with Crippen LogP contribution in [0.1, 0.15) is 25.7 Å². The number of hydrogen-bond donors (Lipinski definition) is 1. The molecule has 1 N–H and O–H groups in total. The van der Waals surface area contributed by atoms with Crippen LogP contribution in [0, 0.1) is 5.92 Å². The van der Waals surface area contributed by atoms with E-state index in [9.17, 15) is 0 Å². The van der Waals surface area contributed by atoms with Crippen LogP contribution < -0.4 is 5.32 Å². The molecule has 3 saturated heterocycles. The molecule has 1 saturated carbocycles. The number of nitrogens with one attached hydrogen (secondary N) is 1. The molecule has 1 spiro atoms. The Kier molecular flexibility index (Phi) is 2.77. The lowest BCUT2D eigenvalue weighted by Gasteiger charge is -2.52. The van der Waals surface area contributed by atoms with Gasteiger partial charge in [-0.15, -0.1) is 0 Å². The number of rotatable bonds is 2. The molecule has 116 valence electrons. The topological polar surface area (TPSA) is 41.3 Å². The highest BCUT2D eigenvalue weighted by Gasteiger charge is 2.60. The van der Waals surface area contributed by atoms with Gasteiger partial charge in [0.2, 0.25) is 0 Å². The predicted molar refractivity (Wildman–Crippen MR) is 87.7 cm³/mol. The minimum absolute atomic E-state index is 0.364. The van der Waals surface area contributed by atoms with Gasteiger partial charge in [0.1, 0.15) is 5.02 Å². The summed E-state index contributed by atoms with van der Waals surface area (Å²) in [4.78, 5) is 2.68. The van der Waals surface area contributed by atoms with Gasteiger partial charge < -0.3 is 9.84 Å². The quantitative estimate of drug-likeness (QED) is 0.892. The Morgan fingerprint density at radius 2 is 2.00 bits per heavy atom. The van der Waals surface area contributed by atoms with E-state index in [4.69, 9.17) is 27.7 Å². The van der Waals surface area contributed by atoms with Crippen LogP contribution in [0.3, 0.4) is 0 Å². The van der Waals surface area contributed by atoms with Crippen LogP contribution >= 0.6 is 23.2 Å². The van der Waals surface area contributed by atoms with E-state index in [1.165, 1.54) is 38.8 Å². The van der Waals surface area contributed by atoms with E-state index in [1.54, 1.807) is 6.07 Å². The van der Waals surface area contributed by atoms with E-state index in [-0.39, 0.29) is 0 Å². The number of benzene rings is 1. The first-order valence-corrected chi connectivity index (χ1v) is 8.70. The summed E-state index contributed by atoms with van der Waals surface area (Å²) in [7, 11) is 0. The van der Waals surface area contributed by atoms with Crippen LogP contribution in [0.25, 0.3) is 11.0 Å². The van der Waals surface area contributed by atoms with Crippen LogP contribution in [0.15, 0.2) is 16.7 Å². The molecule has 3 aliphatic heterocycles. The third-order valence-electron chi connectivity index (χ3n) is 5.81. The molecule has 1 aromatic carbocycles. The van der Waals surface area contributed by atoms with Gasteiger partial charge in [0.25, 0.3) is 0 Å². The minimum Gasteiger partial charge on any atom is -0.362 e. The van der Waals surface area contributed by atoms with Gasteiger partial charge in [-0.1, -0.05) is 28.4 Å². The lowest BCUT2D eigenvalue weighted by molar-refractivity contribution is 0.0202. The number of aromatic nitrogens is 1. The zero-order valence-electron chi connectivity index (χ0n) is 12.1. The average molecular weight is 338 g/mol. The molecular weight excluding hydrogens is 321 g/mol. The molecule has 4 fully saturated rings. The Morgan fingerprint density at radius 3 is 2.73 bits per heavy atom. The van der Waals surface area contributed by atoms with Crippen LogP contribution in [0.4, 0.5) is 5.82 Å². The van der Waals surface area contributed by atoms with Crippen LogP contribution in [-0.4, -0.2) is 34.7 Å². The number of anilines is 1. The maximum Gasteiger partial charge on any atom is 0.189 e. The van der Waals surface area contributed by atoms with E-state index in [2.05, 4.69) is 15.4 Å². The van der Waals surface area contributed by atoms with Gasteiger partial charge in [-0.05, 0) is 56.8 Å². The lowest BCUT2D eigenvalue weighted by atomic mass is 9.77. The molecule has 6 heteroatoms. The van der Waals surface area contributed by atoms with Gasteiger partial charge >= 0.3 is 0 Å². The monoisotopic (exact) mass is 337 g/mol. The van der Waals surface area contributed by atoms with Crippen molar-refractivity contribution in [1.29, 1.82) is 0 Å². The number of nitrogens with zero attached hydrogens (tertiary/aromatic N) is 2. The molecule has 0 radical (unpaired) electrons. The molecule has 0 amide bonds. The fraction of sp³-hybridized carbons (Fsp3) is 0.562. The van der Waals surface area contributed by atoms with Crippen molar-refractivity contribution in [2.45, 2.75) is 37.3 Å². The maximum absolute atomic E-state index is 6.21. The summed E-state index contributed by atoms with van der Waals surface area (Å²) < 4.78 is 5.43. The molecule has 4 nitrogen and oxygen atoms in total. The number of piperidine rings is 3. The molecule has 4 aliphatic rings. The van der Waals surface area contributed by atoms with Crippen LogP contribution in [0.5, 0.6) is 0 Å². The molecular formula is C16H17Cl2N3O. The summed E-state index contributed by atoms with van der Waals surface area (Å²) in [5.41, 5.74) is 0.936. The van der Waals surface area contributed by atoms with Crippen molar-refractivity contribution in [3.63, 3.8) is 0 Å². The SMILES string of the molecule is Clc1ccc2c(N[C@H]3C4CCN(CC4)C34CC4)noc2c1Cl. The van der Waals surface area contributed by atoms with Crippen molar-refractivity contribution in [2.24, 2.45) is 5.92 Å². The van der Waals surface area contributed by atoms with Crippen molar-refractivity contribution in [2.75, 3.05) is 18.4 Å². The third kappa shape index (κ3) is 1.72. The van der Waals surface area contributed by atoms with Gasteiger partial charge in [-0.25, -0.2) is 0 Å². The highest BCUT2D eigenvalue weighted by atomic mass is 35.5. The minimum atomic E-state index is 0.364. The maximum atomic E-state index is 6.21. The second-order valence-electron chi connectivity index (χ2n) is 6.82. The molecule has 6 rings (SSSR count). The van der Waals surface area contributed by atoms with E-state index >= 15 is 0 Å². The summed E-state index contributed by atoms with van der Waals surface area (Å²) >= 11 is 12.3. The van der Waals surface area contributed by atoms with E-state index in [0.717, 1.165) is 17.1 Å². The largest absolute Gasteiger partial charge is 0.362 e. The highest BCUT2D eigenvalue weighted by Crippen LogP contribution is 2.54. The second kappa shape index (κ2) is 4.53. The summed E-state index contributed by atoms with van der Waals surface area (Å²) in [6, 6.07) is 4.21. The van der Waals surface area contributed by atoms with E-state index in [0.29, 0.717) is 27.2 Å². The zero-order chi connectivity index (χ0) is 14.9. The van der Waals surface area contributed by atoms with E-state index < -0.39 is 0 Å². The van der Waals surface area contributed by atoms with Gasteiger partial charge in [-0.3, -0.25) is 4.90 Å². The van der Waals surface area contributed by atoms with Gasteiger partial charge in [-0.2, -0.15) is 0 Å². The molecule has 1 aliphatic carbocycles. The number of halogens is 2. The van der Waals surface area contributed by atoms with Crippen molar-refractivity contribution in [1.82, 2.24) is 10.1 Å². The van der Waals surface area contributed by atoms with Gasteiger partial charge in [0.05, 0.1) is 10.4 Å². The van der Waals surface area contributed by atoms with Crippen LogP contribution in [-0.2, 0) is 0 Å². The standard InChI is InChI=1S/C16H17Cl2N3O/c17-11-2-1-10-13(12(11)18)22-20-15(10)19-14-9-3-7-21(8-4-9)16(14)5-6-16/h1-2,9,14H,3-8H2,(H,19,20)/t14-/m0/s1. The van der Waals surface area contributed by atoms with Crippen molar-refractivity contribution in [3.05, 3.63) is 22.2 Å². The molecule has 2 bridgehead atoms. The normalized spacial score (nSPS) is 31.8. The Bertz CT molecular complexity index is 747. The van der Waals surface area contributed by atoms with Crippen molar-refractivity contribution < 1.29 is 4.52 Å². The van der Waals surface area contributed by atoms with Gasteiger partial charge in [0.15, 0.2) is 11.4 Å². The Balaban J connectivity index is 1.53. The molecule has 4 heterocycles. The first-order chi connectivity index (χ1) is 10.7. The fourth-order valence-corrected chi connectivity index (χ4v) is 4.87. The lowest BCUT2D eigenvalue weighted by Crippen LogP contribution is -2.62. The summed E-state index contributed by atoms with van der Waals surface area (Å²) in [5.74, 6) is 1.54. The molecule has 22 heavy (non-hydrogen) atoms. The Labute approximate surface area is 138 Å². The van der Waals surface area contributed by atoms with Crippen molar-refractivity contribution >= 4 is 40.0 Å². The van der Waals surface area contributed by atoms with Crippen LogP contribution in [0.2, 0.25) is 10.0 Å². The van der Waals surface area contributed by atoms with E-state index in [1.807, 2.05) is 6.07 Å². The second-order valence-corrected chi connectivity index (χ2v) is 7.60. The first kappa shape index (κ1) is 13.5. The summed E-state index contributed by atoms with van der Waals surface area (Å²) in [6.45, 7) is 2.51. The van der Waals surface area contributed by atoms with Gasteiger partial charge in [0, 0.05) is 11.6 Å². The van der Waals surface area contributed by atoms with Crippen molar-refractivity contribution in [3.8, 4) is 0 Å². The number of hydrogen-bond acceptors (Lipinski definition) is 4. The smallest absolute Gasteiger partial charge is 0.189 e. The Morgan fingerprint density at radius 1 is 1.23 bits per heavy atom. The summed E-state index contributed by atoms with van der Waals surface area (Å²) in [6.07, 6.45) is 5.15. The molecule has 2 aromatic rings. The Hall–Kier alpha value is -0.970. The fourth-order valence-electron chi connectivity index (χ4n) is 4.52. The summed E-state index contributed by atoms with van der Waals surface area (Å²) in [5, 5.41) is 9.76. The third-order valence-corrected chi connectivity index (χ3v) is 6.59. The predicted octanol–water partition coefficient (Wildman–Crippen LogP) is 4.17.